The summed E-state index contributed by atoms with van der Waals surface area (Å²) in [4.78, 5) is 20.6. The highest BCUT2D eigenvalue weighted by atomic mass is 32.2. The Balaban J connectivity index is 1.61. The van der Waals surface area contributed by atoms with E-state index in [-0.39, 0.29) is 10.8 Å². The maximum absolute atomic E-state index is 12.5. The molecule has 1 spiro atoms. The van der Waals surface area contributed by atoms with Crippen LogP contribution in [-0.4, -0.2) is 30.8 Å². The van der Waals surface area contributed by atoms with Crippen LogP contribution in [-0.2, 0) is 19.6 Å². The van der Waals surface area contributed by atoms with Gasteiger partial charge < -0.3 is 10.5 Å². The zero-order chi connectivity index (χ0) is 21.4. The lowest BCUT2D eigenvalue weighted by atomic mass is 9.79. The zero-order valence-electron chi connectivity index (χ0n) is 16.4. The van der Waals surface area contributed by atoms with Gasteiger partial charge in [0.25, 0.3) is 15.9 Å². The minimum Gasteiger partial charge on any atom is -0.466 e. The fourth-order valence-electron chi connectivity index (χ4n) is 3.93. The van der Waals surface area contributed by atoms with E-state index in [0.29, 0.717) is 16.4 Å². The summed E-state index contributed by atoms with van der Waals surface area (Å²) >= 11 is 1.19. The molecule has 0 bridgehead atoms. The Labute approximate surface area is 178 Å². The maximum atomic E-state index is 12.5. The summed E-state index contributed by atoms with van der Waals surface area (Å²) in [6.07, 6.45) is 6.36. The van der Waals surface area contributed by atoms with Crippen molar-refractivity contribution in [1.29, 1.82) is 0 Å². The number of ether oxygens (including phenoxy) is 1. The Morgan fingerprint density at radius 2 is 1.93 bits per heavy atom. The van der Waals surface area contributed by atoms with Crippen molar-refractivity contribution >= 4 is 44.0 Å². The topological polar surface area (TPSA) is 124 Å². The van der Waals surface area contributed by atoms with Crippen molar-refractivity contribution in [2.75, 3.05) is 4.72 Å². The maximum Gasteiger partial charge on any atom is 0.263 e. The van der Waals surface area contributed by atoms with Crippen LogP contribution in [0.3, 0.4) is 0 Å². The van der Waals surface area contributed by atoms with E-state index in [2.05, 4.69) is 14.7 Å². The summed E-state index contributed by atoms with van der Waals surface area (Å²) in [5, 5.41) is 1.98. The second kappa shape index (κ2) is 7.84. The number of carbonyl (C=O) groups is 1. The number of carbonyl (C=O) groups excluding carboxylic acids is 1. The lowest BCUT2D eigenvalue weighted by Crippen LogP contribution is -2.33. The number of aromatic nitrogens is 1. The first-order valence-electron chi connectivity index (χ1n) is 9.62. The molecule has 2 aliphatic rings. The molecule has 1 aliphatic heterocycles. The highest BCUT2D eigenvalue weighted by Gasteiger charge is 2.46. The van der Waals surface area contributed by atoms with Crippen molar-refractivity contribution in [3.8, 4) is 0 Å². The third kappa shape index (κ3) is 3.84. The van der Waals surface area contributed by atoms with Crippen LogP contribution in [0.15, 0.2) is 56.9 Å². The summed E-state index contributed by atoms with van der Waals surface area (Å²) in [6, 6.07) is 6.02. The largest absolute Gasteiger partial charge is 0.466 e. The quantitative estimate of drug-likeness (QED) is 0.727. The summed E-state index contributed by atoms with van der Waals surface area (Å²) in [7, 11) is -3.75. The van der Waals surface area contributed by atoms with Gasteiger partial charge in [-0.1, -0.05) is 6.42 Å². The van der Waals surface area contributed by atoms with E-state index in [1.165, 1.54) is 29.7 Å². The van der Waals surface area contributed by atoms with Crippen LogP contribution in [0.2, 0.25) is 0 Å². The van der Waals surface area contributed by atoms with Crippen molar-refractivity contribution in [3.63, 3.8) is 0 Å². The van der Waals surface area contributed by atoms with E-state index < -0.39 is 21.5 Å². The molecule has 1 aromatic heterocycles. The molecular weight excluding hydrogens is 424 g/mol. The van der Waals surface area contributed by atoms with Crippen LogP contribution in [0.1, 0.15) is 39.0 Å². The number of thiazole rings is 1. The predicted octanol–water partition coefficient (Wildman–Crippen LogP) is 3.51. The van der Waals surface area contributed by atoms with Crippen LogP contribution in [0, 0.1) is 0 Å². The second-order valence-corrected chi connectivity index (χ2v) is 9.95. The molecule has 3 N–H and O–H groups in total. The van der Waals surface area contributed by atoms with Gasteiger partial charge in [0.15, 0.2) is 5.13 Å². The van der Waals surface area contributed by atoms with Gasteiger partial charge in [-0.3, -0.25) is 9.52 Å². The first kappa shape index (κ1) is 20.5. The summed E-state index contributed by atoms with van der Waals surface area (Å²) in [5.41, 5.74) is 6.73. The number of aliphatic imine (C=N–C) groups is 1. The molecule has 1 aliphatic carbocycles. The number of nitrogens with one attached hydrogen (secondary N) is 1. The molecule has 8 nitrogen and oxygen atoms in total. The Morgan fingerprint density at radius 3 is 2.53 bits per heavy atom. The number of benzene rings is 1. The fourth-order valence-corrected chi connectivity index (χ4v) is 5.72. The van der Waals surface area contributed by atoms with E-state index in [1.807, 2.05) is 6.92 Å². The molecule has 1 saturated carbocycles. The Morgan fingerprint density at radius 1 is 1.23 bits per heavy atom. The Bertz CT molecular complexity index is 1110. The van der Waals surface area contributed by atoms with E-state index in [9.17, 15) is 13.2 Å². The average Bonchev–Trinajstić information content (AvgIpc) is 3.29. The zero-order valence-corrected chi connectivity index (χ0v) is 18.1. The first-order chi connectivity index (χ1) is 14.3. The van der Waals surface area contributed by atoms with Gasteiger partial charge in [-0.25, -0.2) is 18.4 Å². The van der Waals surface area contributed by atoms with Crippen LogP contribution in [0.4, 0.5) is 10.8 Å². The number of rotatable bonds is 5. The van der Waals surface area contributed by atoms with Gasteiger partial charge in [-0.2, -0.15) is 0 Å². The lowest BCUT2D eigenvalue weighted by Gasteiger charge is -2.34. The normalized spacial score (nSPS) is 19.8. The van der Waals surface area contributed by atoms with Crippen molar-refractivity contribution in [2.24, 2.45) is 10.7 Å². The third-order valence-corrected chi connectivity index (χ3v) is 7.68. The highest BCUT2D eigenvalue weighted by molar-refractivity contribution is 7.93. The average molecular weight is 447 g/mol. The second-order valence-electron chi connectivity index (χ2n) is 7.37. The van der Waals surface area contributed by atoms with Gasteiger partial charge >= 0.3 is 0 Å². The van der Waals surface area contributed by atoms with Crippen LogP contribution in [0.5, 0.6) is 0 Å². The SMILES string of the molecule is CC1=C(C(N)=O)C(=Nc2ccc(S(=O)(=O)Nc3nccs3)cc2)OC12CCCCC2. The van der Waals surface area contributed by atoms with E-state index in [0.717, 1.165) is 37.7 Å². The number of amides is 1. The number of hydrogen-bond acceptors (Lipinski definition) is 7. The number of primary amides is 1. The van der Waals surface area contributed by atoms with Gasteiger partial charge in [-0.15, -0.1) is 11.3 Å². The van der Waals surface area contributed by atoms with Gasteiger partial charge in [-0.05, 0) is 62.4 Å². The minimum absolute atomic E-state index is 0.0830. The van der Waals surface area contributed by atoms with Crippen LogP contribution < -0.4 is 10.5 Å². The molecule has 30 heavy (non-hydrogen) atoms. The molecule has 1 aromatic carbocycles. The van der Waals surface area contributed by atoms with E-state index in [1.54, 1.807) is 17.5 Å². The number of anilines is 1. The lowest BCUT2D eigenvalue weighted by molar-refractivity contribution is -0.114. The van der Waals surface area contributed by atoms with Gasteiger partial charge in [0.1, 0.15) is 11.2 Å². The molecule has 1 fully saturated rings. The molecule has 2 heterocycles. The molecule has 10 heteroatoms. The van der Waals surface area contributed by atoms with Crippen molar-refractivity contribution in [1.82, 2.24) is 4.98 Å². The monoisotopic (exact) mass is 446 g/mol. The van der Waals surface area contributed by atoms with Gasteiger partial charge in [0.2, 0.25) is 5.90 Å². The predicted molar refractivity (Wildman–Crippen MR) is 115 cm³/mol. The molecule has 0 radical (unpaired) electrons. The van der Waals surface area contributed by atoms with Crippen molar-refractivity contribution in [3.05, 3.63) is 47.0 Å². The molecular formula is C20H22N4O4S2. The summed E-state index contributed by atoms with van der Waals surface area (Å²) < 4.78 is 33.5. The Kier molecular flexibility index (Phi) is 5.37. The highest BCUT2D eigenvalue weighted by Crippen LogP contribution is 2.44. The number of nitrogens with two attached hydrogens (primary N) is 1. The van der Waals surface area contributed by atoms with E-state index in [4.69, 9.17) is 10.5 Å². The molecule has 4 rings (SSSR count). The number of sulfonamides is 1. The fraction of sp³-hybridized carbons (Fsp3) is 0.350. The number of nitrogens with zero attached hydrogens (tertiary/aromatic N) is 2. The first-order valence-corrected chi connectivity index (χ1v) is 12.0. The molecule has 0 atom stereocenters. The standard InChI is InChI=1S/C20H22N4O4S2/c1-13-16(17(21)25)18(28-20(13)9-3-2-4-10-20)23-14-5-7-15(8-6-14)30(26,27)24-19-22-11-12-29-19/h5-8,11-12H,2-4,9-10H2,1H3,(H2,21,25)(H,22,24). The van der Waals surface area contributed by atoms with Crippen molar-refractivity contribution < 1.29 is 17.9 Å². The molecule has 2 aromatic rings. The molecule has 158 valence electrons. The van der Waals surface area contributed by atoms with E-state index >= 15 is 0 Å². The number of hydrogen-bond donors (Lipinski definition) is 2. The molecule has 1 amide bonds. The summed E-state index contributed by atoms with van der Waals surface area (Å²) in [6.45, 7) is 1.88. The Hall–Kier alpha value is -2.72. The molecule has 0 saturated heterocycles. The molecule has 0 unspecified atom stereocenters. The summed E-state index contributed by atoms with van der Waals surface area (Å²) in [5.74, 6) is -0.362. The van der Waals surface area contributed by atoms with Crippen LogP contribution in [0.25, 0.3) is 0 Å². The van der Waals surface area contributed by atoms with Gasteiger partial charge in [0.05, 0.1) is 10.6 Å². The van der Waals surface area contributed by atoms with Crippen LogP contribution >= 0.6 is 11.3 Å². The van der Waals surface area contributed by atoms with Gasteiger partial charge in [0, 0.05) is 11.6 Å². The smallest absolute Gasteiger partial charge is 0.263 e. The minimum atomic E-state index is -3.75. The third-order valence-electron chi connectivity index (χ3n) is 5.50. The van der Waals surface area contributed by atoms with Crippen molar-refractivity contribution in [2.45, 2.75) is 49.5 Å².